The van der Waals surface area contributed by atoms with E-state index in [0.29, 0.717) is 25.3 Å². The van der Waals surface area contributed by atoms with Gasteiger partial charge >= 0.3 is 6.18 Å². The predicted molar refractivity (Wildman–Crippen MR) is 98.1 cm³/mol. The number of nitrogen functional groups attached to an aromatic ring is 1. The first-order chi connectivity index (χ1) is 13.3. The fourth-order valence-corrected chi connectivity index (χ4v) is 3.42. The van der Waals surface area contributed by atoms with Crippen molar-refractivity contribution in [3.05, 3.63) is 35.0 Å². The van der Waals surface area contributed by atoms with Crippen LogP contribution < -0.4 is 16.4 Å². The minimum atomic E-state index is -4.58. The van der Waals surface area contributed by atoms with E-state index < -0.39 is 17.6 Å². The zero-order valence-electron chi connectivity index (χ0n) is 15.1. The first-order valence-electron chi connectivity index (χ1n) is 9.23. The number of ether oxygens (including phenoxy) is 1. The van der Waals surface area contributed by atoms with Crippen LogP contribution in [0.3, 0.4) is 0 Å². The number of pyridine rings is 1. The van der Waals surface area contributed by atoms with Crippen molar-refractivity contribution < 1.29 is 22.7 Å². The lowest BCUT2D eigenvalue weighted by Gasteiger charge is -2.23. The Kier molecular flexibility index (Phi) is 4.88. The lowest BCUT2D eigenvalue weighted by Crippen LogP contribution is -2.48. The third kappa shape index (κ3) is 3.90. The van der Waals surface area contributed by atoms with Crippen molar-refractivity contribution in [1.29, 1.82) is 0 Å². The predicted octanol–water partition coefficient (Wildman–Crippen LogP) is 2.43. The van der Waals surface area contributed by atoms with Gasteiger partial charge in [0.05, 0.1) is 24.3 Å². The largest absolute Gasteiger partial charge is 0.418 e. The summed E-state index contributed by atoms with van der Waals surface area (Å²) >= 11 is 0. The van der Waals surface area contributed by atoms with Gasteiger partial charge in [0, 0.05) is 30.2 Å². The highest BCUT2D eigenvalue weighted by Crippen LogP contribution is 2.45. The molecular weight excluding hydrogens is 373 g/mol. The van der Waals surface area contributed by atoms with E-state index in [1.165, 1.54) is 6.07 Å². The Morgan fingerprint density at radius 1 is 1.32 bits per heavy atom. The van der Waals surface area contributed by atoms with Crippen molar-refractivity contribution in [2.45, 2.75) is 31.0 Å². The maximum atomic E-state index is 13.6. The molecule has 28 heavy (non-hydrogen) atoms. The molecular formula is C19H21F3N4O2. The van der Waals surface area contributed by atoms with Crippen molar-refractivity contribution in [3.8, 4) is 0 Å². The van der Waals surface area contributed by atoms with Crippen molar-refractivity contribution in [3.63, 3.8) is 0 Å². The SMILES string of the molecule is Nc1cc(C(=O)NCC2COCCN2)nc2c(C(F)(F)F)cc(C3CC3)cc12. The Balaban J connectivity index is 1.66. The molecule has 4 rings (SSSR count). The van der Waals surface area contributed by atoms with Gasteiger partial charge in [0.2, 0.25) is 0 Å². The van der Waals surface area contributed by atoms with Crippen LogP contribution in [0.25, 0.3) is 10.9 Å². The zero-order chi connectivity index (χ0) is 19.9. The number of carbonyl (C=O) groups is 1. The molecule has 150 valence electrons. The summed E-state index contributed by atoms with van der Waals surface area (Å²) in [5, 5.41) is 6.09. The Morgan fingerprint density at radius 2 is 2.11 bits per heavy atom. The number of morpholine rings is 1. The zero-order valence-corrected chi connectivity index (χ0v) is 15.1. The number of alkyl halides is 3. The number of halogens is 3. The molecule has 0 bridgehead atoms. The molecule has 2 heterocycles. The monoisotopic (exact) mass is 394 g/mol. The average molecular weight is 394 g/mol. The topological polar surface area (TPSA) is 89.3 Å². The Labute approximate surface area is 159 Å². The van der Waals surface area contributed by atoms with Crippen LogP contribution in [-0.4, -0.2) is 43.2 Å². The van der Waals surface area contributed by atoms with Crippen LogP contribution in [0.2, 0.25) is 0 Å². The molecule has 9 heteroatoms. The fraction of sp³-hybridized carbons (Fsp3) is 0.474. The number of carbonyl (C=O) groups excluding carboxylic acids is 1. The lowest BCUT2D eigenvalue weighted by molar-refractivity contribution is -0.136. The summed E-state index contributed by atoms with van der Waals surface area (Å²) in [7, 11) is 0. The first-order valence-corrected chi connectivity index (χ1v) is 9.23. The Bertz CT molecular complexity index is 906. The van der Waals surface area contributed by atoms with E-state index in [0.717, 1.165) is 18.9 Å². The van der Waals surface area contributed by atoms with Crippen molar-refractivity contribution in [2.75, 3.05) is 32.0 Å². The smallest absolute Gasteiger partial charge is 0.398 e. The third-order valence-electron chi connectivity index (χ3n) is 5.06. The average Bonchev–Trinajstić information content (AvgIpc) is 3.50. The number of hydrogen-bond acceptors (Lipinski definition) is 5. The van der Waals surface area contributed by atoms with Crippen LogP contribution >= 0.6 is 0 Å². The minimum absolute atomic E-state index is 0.0534. The summed E-state index contributed by atoms with van der Waals surface area (Å²) < 4.78 is 46.2. The van der Waals surface area contributed by atoms with E-state index >= 15 is 0 Å². The summed E-state index contributed by atoms with van der Waals surface area (Å²) in [6.07, 6.45) is -2.84. The number of fused-ring (bicyclic) bond motifs is 1. The molecule has 0 radical (unpaired) electrons. The first kappa shape index (κ1) is 18.9. The van der Waals surface area contributed by atoms with Crippen LogP contribution in [0.15, 0.2) is 18.2 Å². The maximum absolute atomic E-state index is 13.6. The molecule has 1 amide bonds. The molecule has 1 atom stereocenters. The van der Waals surface area contributed by atoms with Crippen LogP contribution in [0.5, 0.6) is 0 Å². The molecule has 4 N–H and O–H groups in total. The number of aromatic nitrogens is 1. The number of nitrogens with zero attached hydrogens (tertiary/aromatic N) is 1. The van der Waals surface area contributed by atoms with Crippen molar-refractivity contribution in [1.82, 2.24) is 15.6 Å². The number of rotatable bonds is 4. The van der Waals surface area contributed by atoms with Gasteiger partial charge in [-0.15, -0.1) is 0 Å². The number of amides is 1. The number of anilines is 1. The quantitative estimate of drug-likeness (QED) is 0.741. The van der Waals surface area contributed by atoms with E-state index in [1.54, 1.807) is 6.07 Å². The second-order valence-corrected chi connectivity index (χ2v) is 7.27. The molecule has 1 unspecified atom stereocenters. The van der Waals surface area contributed by atoms with Crippen LogP contribution in [0.4, 0.5) is 18.9 Å². The van der Waals surface area contributed by atoms with E-state index in [9.17, 15) is 18.0 Å². The van der Waals surface area contributed by atoms with Gasteiger partial charge < -0.3 is 21.1 Å². The van der Waals surface area contributed by atoms with Gasteiger partial charge in [-0.3, -0.25) is 4.79 Å². The number of nitrogens with two attached hydrogens (primary N) is 1. The van der Waals surface area contributed by atoms with Crippen LogP contribution in [0.1, 0.15) is 40.4 Å². The van der Waals surface area contributed by atoms with E-state index in [4.69, 9.17) is 10.5 Å². The molecule has 1 aromatic carbocycles. The maximum Gasteiger partial charge on any atom is 0.418 e. The molecule has 1 saturated carbocycles. The molecule has 0 spiro atoms. The molecule has 1 aliphatic carbocycles. The lowest BCUT2D eigenvalue weighted by atomic mass is 10.00. The third-order valence-corrected chi connectivity index (χ3v) is 5.06. The van der Waals surface area contributed by atoms with Gasteiger partial charge in [-0.25, -0.2) is 4.98 Å². The second kappa shape index (κ2) is 7.21. The van der Waals surface area contributed by atoms with Gasteiger partial charge in [0.1, 0.15) is 5.69 Å². The molecule has 6 nitrogen and oxygen atoms in total. The van der Waals surface area contributed by atoms with Gasteiger partial charge in [0.15, 0.2) is 0 Å². The highest BCUT2D eigenvalue weighted by molar-refractivity contribution is 6.00. The summed E-state index contributed by atoms with van der Waals surface area (Å²) in [4.78, 5) is 16.5. The van der Waals surface area contributed by atoms with E-state index in [2.05, 4.69) is 15.6 Å². The van der Waals surface area contributed by atoms with Crippen LogP contribution in [-0.2, 0) is 10.9 Å². The number of benzene rings is 1. The summed E-state index contributed by atoms with van der Waals surface area (Å²) in [6, 6.07) is 4.08. The molecule has 1 aromatic heterocycles. The fourth-order valence-electron chi connectivity index (χ4n) is 3.42. The summed E-state index contributed by atoms with van der Waals surface area (Å²) in [5.41, 5.74) is 5.47. The second-order valence-electron chi connectivity index (χ2n) is 7.27. The molecule has 2 aromatic rings. The highest BCUT2D eigenvalue weighted by atomic mass is 19.4. The van der Waals surface area contributed by atoms with Gasteiger partial charge in [-0.2, -0.15) is 13.2 Å². The van der Waals surface area contributed by atoms with Crippen molar-refractivity contribution in [2.24, 2.45) is 0 Å². The summed E-state index contributed by atoms with van der Waals surface area (Å²) in [5.74, 6) is -0.432. The normalized spacial score (nSPS) is 20.3. The Morgan fingerprint density at radius 3 is 2.75 bits per heavy atom. The molecule has 2 aliphatic rings. The number of nitrogens with one attached hydrogen (secondary N) is 2. The van der Waals surface area contributed by atoms with Crippen molar-refractivity contribution >= 4 is 22.5 Å². The van der Waals surface area contributed by atoms with E-state index in [-0.39, 0.29) is 40.8 Å². The Hall–Kier alpha value is -2.39. The van der Waals surface area contributed by atoms with E-state index in [1.807, 2.05) is 0 Å². The molecule has 1 saturated heterocycles. The minimum Gasteiger partial charge on any atom is -0.398 e. The standard InChI is InChI=1S/C19H21F3N4O2/c20-19(21,22)14-6-11(10-1-2-10)5-13-15(23)7-16(26-17(13)14)18(27)25-8-12-9-28-4-3-24-12/h5-7,10,12,24H,1-4,8-9H2,(H2,23,26)(H,25,27). The van der Waals surface area contributed by atoms with Crippen LogP contribution in [0, 0.1) is 0 Å². The molecule has 1 aliphatic heterocycles. The van der Waals surface area contributed by atoms with Gasteiger partial charge in [-0.05, 0) is 42.5 Å². The van der Waals surface area contributed by atoms with Gasteiger partial charge in [-0.1, -0.05) is 0 Å². The number of hydrogen-bond donors (Lipinski definition) is 3. The molecule has 2 fully saturated rings. The van der Waals surface area contributed by atoms with Gasteiger partial charge in [0.25, 0.3) is 5.91 Å². The highest BCUT2D eigenvalue weighted by Gasteiger charge is 2.36. The summed E-state index contributed by atoms with van der Waals surface area (Å²) in [6.45, 7) is 2.02.